The molecule has 0 radical (unpaired) electrons. The van der Waals surface area contributed by atoms with Gasteiger partial charge in [-0.15, -0.1) is 0 Å². The molecule has 0 aliphatic rings. The van der Waals surface area contributed by atoms with Gasteiger partial charge < -0.3 is 20.1 Å². The number of esters is 1. The molecule has 0 amide bonds. The average Bonchev–Trinajstić information content (AvgIpc) is 2.51. The molecule has 0 aliphatic heterocycles. The smallest absolute Gasteiger partial charge is 0.340 e. The fraction of sp³-hybridized carbons (Fsp3) is 0.562. The summed E-state index contributed by atoms with van der Waals surface area (Å²) in [6.07, 6.45) is 1.93. The Kier molecular flexibility index (Phi) is 7.02. The lowest BCUT2D eigenvalue weighted by Crippen LogP contribution is -2.38. The summed E-state index contributed by atoms with van der Waals surface area (Å²) >= 11 is 0. The second-order valence-electron chi connectivity index (χ2n) is 4.89. The van der Waals surface area contributed by atoms with Crippen LogP contribution < -0.4 is 10.6 Å². The standard InChI is InChI=1S/C16H26N2O3/c1-5-12(6-2)18(10-11-20-3)15-13(16(19)21-4)8-7-9-14(15)17/h7-9,12H,5-6,10-11,17H2,1-4H3. The Morgan fingerprint density at radius 2 is 1.95 bits per heavy atom. The Labute approximate surface area is 127 Å². The van der Waals surface area contributed by atoms with Crippen LogP contribution in [0.25, 0.3) is 0 Å². The third-order valence-corrected chi connectivity index (χ3v) is 3.68. The average molecular weight is 294 g/mol. The molecule has 0 unspecified atom stereocenters. The second kappa shape index (κ2) is 8.52. The van der Waals surface area contributed by atoms with Gasteiger partial charge in [0.2, 0.25) is 0 Å². The zero-order chi connectivity index (χ0) is 15.8. The number of benzene rings is 1. The Balaban J connectivity index is 3.31. The lowest BCUT2D eigenvalue weighted by Gasteiger charge is -2.34. The van der Waals surface area contributed by atoms with Crippen molar-refractivity contribution in [3.8, 4) is 0 Å². The van der Waals surface area contributed by atoms with Crippen LogP contribution in [-0.4, -0.2) is 39.4 Å². The molecule has 0 aliphatic carbocycles. The van der Waals surface area contributed by atoms with Gasteiger partial charge in [0.15, 0.2) is 0 Å². The minimum Gasteiger partial charge on any atom is -0.465 e. The van der Waals surface area contributed by atoms with E-state index >= 15 is 0 Å². The van der Waals surface area contributed by atoms with Crippen LogP contribution >= 0.6 is 0 Å². The summed E-state index contributed by atoms with van der Waals surface area (Å²) < 4.78 is 10.1. The molecule has 0 saturated carbocycles. The molecule has 0 heterocycles. The van der Waals surface area contributed by atoms with Crippen LogP contribution in [-0.2, 0) is 9.47 Å². The minimum absolute atomic E-state index is 0.299. The third-order valence-electron chi connectivity index (χ3n) is 3.68. The molecule has 1 rings (SSSR count). The number of hydrogen-bond acceptors (Lipinski definition) is 5. The van der Waals surface area contributed by atoms with Gasteiger partial charge in [0, 0.05) is 19.7 Å². The summed E-state index contributed by atoms with van der Waals surface area (Å²) in [5, 5.41) is 0. The lowest BCUT2D eigenvalue weighted by molar-refractivity contribution is 0.0601. The molecule has 5 nitrogen and oxygen atoms in total. The first kappa shape index (κ1) is 17.3. The zero-order valence-corrected chi connectivity index (χ0v) is 13.4. The maximum absolute atomic E-state index is 12.0. The monoisotopic (exact) mass is 294 g/mol. The molecule has 0 bridgehead atoms. The van der Waals surface area contributed by atoms with Crippen molar-refractivity contribution in [2.45, 2.75) is 32.7 Å². The van der Waals surface area contributed by atoms with E-state index in [1.165, 1.54) is 7.11 Å². The van der Waals surface area contributed by atoms with Crippen LogP contribution in [0.3, 0.4) is 0 Å². The third kappa shape index (κ3) is 4.11. The van der Waals surface area contributed by atoms with E-state index < -0.39 is 0 Å². The molecule has 0 spiro atoms. The van der Waals surface area contributed by atoms with E-state index in [-0.39, 0.29) is 5.97 Å². The van der Waals surface area contributed by atoms with Crippen molar-refractivity contribution in [2.24, 2.45) is 0 Å². The van der Waals surface area contributed by atoms with Gasteiger partial charge in [-0.3, -0.25) is 0 Å². The van der Waals surface area contributed by atoms with Crippen LogP contribution in [0.2, 0.25) is 0 Å². The Hall–Kier alpha value is -1.75. The van der Waals surface area contributed by atoms with Gasteiger partial charge in [-0.25, -0.2) is 4.79 Å². The van der Waals surface area contributed by atoms with Gasteiger partial charge in [0.25, 0.3) is 0 Å². The maximum atomic E-state index is 12.0. The summed E-state index contributed by atoms with van der Waals surface area (Å²) in [7, 11) is 3.05. The Morgan fingerprint density at radius 3 is 2.48 bits per heavy atom. The Bertz CT molecular complexity index is 459. The number of rotatable bonds is 8. The summed E-state index contributed by atoms with van der Waals surface area (Å²) in [5.74, 6) is -0.370. The molecule has 0 aromatic heterocycles. The van der Waals surface area contributed by atoms with Gasteiger partial charge in [-0.2, -0.15) is 0 Å². The van der Waals surface area contributed by atoms with Crippen LogP contribution in [0.15, 0.2) is 18.2 Å². The van der Waals surface area contributed by atoms with E-state index in [0.29, 0.717) is 30.4 Å². The molecule has 1 aromatic rings. The van der Waals surface area contributed by atoms with Gasteiger partial charge in [-0.05, 0) is 25.0 Å². The molecule has 0 fully saturated rings. The van der Waals surface area contributed by atoms with Crippen LogP contribution in [0.1, 0.15) is 37.0 Å². The van der Waals surface area contributed by atoms with Gasteiger partial charge in [0.05, 0.1) is 30.7 Å². The fourth-order valence-corrected chi connectivity index (χ4v) is 2.55. The summed E-state index contributed by atoms with van der Waals surface area (Å²) in [5.41, 5.74) is 7.97. The number of nitrogens with zero attached hydrogens (tertiary/aromatic N) is 1. The highest BCUT2D eigenvalue weighted by molar-refractivity contribution is 5.99. The minimum atomic E-state index is -0.370. The quantitative estimate of drug-likeness (QED) is 0.590. The number of carbonyl (C=O) groups is 1. The number of nitrogen functional groups attached to an aromatic ring is 1. The predicted octanol–water partition coefficient (Wildman–Crippen LogP) is 2.70. The van der Waals surface area contributed by atoms with Gasteiger partial charge in [0.1, 0.15) is 0 Å². The van der Waals surface area contributed by atoms with Crippen molar-refractivity contribution in [2.75, 3.05) is 38.0 Å². The molecule has 5 heteroatoms. The van der Waals surface area contributed by atoms with Crippen molar-refractivity contribution in [1.82, 2.24) is 0 Å². The molecule has 0 atom stereocenters. The van der Waals surface area contributed by atoms with Crippen molar-refractivity contribution in [3.05, 3.63) is 23.8 Å². The number of ether oxygens (including phenoxy) is 2. The number of methoxy groups -OCH3 is 2. The number of anilines is 2. The first-order valence-corrected chi connectivity index (χ1v) is 7.32. The Morgan fingerprint density at radius 1 is 1.29 bits per heavy atom. The first-order valence-electron chi connectivity index (χ1n) is 7.32. The molecule has 0 saturated heterocycles. The van der Waals surface area contributed by atoms with E-state index in [2.05, 4.69) is 18.7 Å². The SMILES string of the molecule is CCC(CC)N(CCOC)c1c(N)cccc1C(=O)OC. The largest absolute Gasteiger partial charge is 0.465 e. The summed E-state index contributed by atoms with van der Waals surface area (Å²) in [4.78, 5) is 14.2. The summed E-state index contributed by atoms with van der Waals surface area (Å²) in [6.45, 7) is 5.52. The molecular formula is C16H26N2O3. The van der Waals surface area contributed by atoms with Crippen molar-refractivity contribution >= 4 is 17.3 Å². The number of carbonyl (C=O) groups excluding carboxylic acids is 1. The highest BCUT2D eigenvalue weighted by Gasteiger charge is 2.24. The van der Waals surface area contributed by atoms with Crippen LogP contribution in [0.4, 0.5) is 11.4 Å². The first-order chi connectivity index (χ1) is 10.1. The van der Waals surface area contributed by atoms with E-state index in [1.54, 1.807) is 19.2 Å². The van der Waals surface area contributed by atoms with Gasteiger partial charge >= 0.3 is 5.97 Å². The highest BCUT2D eigenvalue weighted by Crippen LogP contribution is 2.31. The lowest BCUT2D eigenvalue weighted by atomic mass is 10.0. The number of nitrogens with two attached hydrogens (primary N) is 1. The topological polar surface area (TPSA) is 64.8 Å². The molecule has 118 valence electrons. The van der Waals surface area contributed by atoms with Crippen LogP contribution in [0, 0.1) is 0 Å². The molecule has 1 aromatic carbocycles. The molecular weight excluding hydrogens is 268 g/mol. The maximum Gasteiger partial charge on any atom is 0.340 e. The van der Waals surface area contributed by atoms with Gasteiger partial charge in [-0.1, -0.05) is 19.9 Å². The number of para-hydroxylation sites is 1. The van der Waals surface area contributed by atoms with E-state index in [0.717, 1.165) is 18.5 Å². The number of hydrogen-bond donors (Lipinski definition) is 1. The zero-order valence-electron chi connectivity index (χ0n) is 13.4. The summed E-state index contributed by atoms with van der Waals surface area (Å²) in [6, 6.07) is 5.63. The van der Waals surface area contributed by atoms with E-state index in [1.807, 2.05) is 6.07 Å². The van der Waals surface area contributed by atoms with Crippen molar-refractivity contribution in [3.63, 3.8) is 0 Å². The fourth-order valence-electron chi connectivity index (χ4n) is 2.55. The normalized spacial score (nSPS) is 10.7. The second-order valence-corrected chi connectivity index (χ2v) is 4.89. The van der Waals surface area contributed by atoms with Crippen molar-refractivity contribution in [1.29, 1.82) is 0 Å². The highest BCUT2D eigenvalue weighted by atomic mass is 16.5. The molecule has 2 N–H and O–H groups in total. The van der Waals surface area contributed by atoms with Crippen LogP contribution in [0.5, 0.6) is 0 Å². The van der Waals surface area contributed by atoms with E-state index in [9.17, 15) is 4.79 Å². The van der Waals surface area contributed by atoms with E-state index in [4.69, 9.17) is 15.2 Å². The molecule has 21 heavy (non-hydrogen) atoms. The predicted molar refractivity (Wildman–Crippen MR) is 85.8 cm³/mol. The van der Waals surface area contributed by atoms with Crippen molar-refractivity contribution < 1.29 is 14.3 Å².